The normalized spacial score (nSPS) is 12.3. The topological polar surface area (TPSA) is 57.2 Å². The fourth-order valence-corrected chi connectivity index (χ4v) is 2.22. The van der Waals surface area contributed by atoms with Crippen LogP contribution < -0.4 is 11.3 Å². The second kappa shape index (κ2) is 6.50. The van der Waals surface area contributed by atoms with Crippen LogP contribution in [0.15, 0.2) is 47.3 Å². The van der Waals surface area contributed by atoms with E-state index < -0.39 is 6.04 Å². The summed E-state index contributed by atoms with van der Waals surface area (Å²) in [5, 5.41) is 0. The molecule has 2 aromatic rings. The van der Waals surface area contributed by atoms with Crippen LogP contribution in [0, 0.1) is 6.92 Å². The van der Waals surface area contributed by atoms with Crippen molar-refractivity contribution in [3.8, 4) is 0 Å². The van der Waals surface area contributed by atoms with Gasteiger partial charge in [-0.1, -0.05) is 30.3 Å². The van der Waals surface area contributed by atoms with Crippen molar-refractivity contribution in [1.29, 1.82) is 0 Å². The third-order valence-corrected chi connectivity index (χ3v) is 3.43. The molecule has 1 aromatic carbocycles. The average Bonchev–Trinajstić information content (AvgIpc) is 2.47. The Labute approximate surface area is 118 Å². The molecule has 106 valence electrons. The zero-order valence-corrected chi connectivity index (χ0v) is 11.9. The number of aryl methyl sites for hydroxylation is 1. The molecule has 0 amide bonds. The Bertz CT molecular complexity index is 620. The fraction of sp³-hybridized carbons (Fsp3) is 0.312. The highest BCUT2D eigenvalue weighted by Crippen LogP contribution is 2.16. The van der Waals surface area contributed by atoms with Crippen LogP contribution in [0.5, 0.6) is 0 Å². The van der Waals surface area contributed by atoms with Crippen molar-refractivity contribution >= 4 is 0 Å². The Morgan fingerprint density at radius 2 is 1.90 bits per heavy atom. The number of nitrogens with two attached hydrogens (primary N) is 1. The summed E-state index contributed by atoms with van der Waals surface area (Å²) in [5.74, 6) is 0. The van der Waals surface area contributed by atoms with Gasteiger partial charge in [-0.15, -0.1) is 0 Å². The van der Waals surface area contributed by atoms with Gasteiger partial charge in [0.05, 0.1) is 12.6 Å². The van der Waals surface area contributed by atoms with Crippen molar-refractivity contribution in [3.05, 3.63) is 69.6 Å². The highest BCUT2D eigenvalue weighted by Gasteiger charge is 2.14. The van der Waals surface area contributed by atoms with Gasteiger partial charge in [-0.25, -0.2) is 0 Å². The molecule has 4 heteroatoms. The van der Waals surface area contributed by atoms with Crippen LogP contribution >= 0.6 is 0 Å². The first-order valence-corrected chi connectivity index (χ1v) is 6.65. The molecule has 0 aliphatic heterocycles. The van der Waals surface area contributed by atoms with Gasteiger partial charge in [0.15, 0.2) is 0 Å². The number of benzene rings is 1. The van der Waals surface area contributed by atoms with E-state index in [4.69, 9.17) is 10.5 Å². The monoisotopic (exact) mass is 272 g/mol. The summed E-state index contributed by atoms with van der Waals surface area (Å²) >= 11 is 0. The Kier molecular flexibility index (Phi) is 4.71. The molecule has 0 saturated carbocycles. The summed E-state index contributed by atoms with van der Waals surface area (Å²) in [6.07, 6.45) is 0. The zero-order chi connectivity index (χ0) is 14.5. The SMILES string of the molecule is COCCn1c(C)ccc(C(N)c2ccccc2)c1=O. The van der Waals surface area contributed by atoms with E-state index in [1.165, 1.54) is 0 Å². The van der Waals surface area contributed by atoms with Crippen LogP contribution in [0.4, 0.5) is 0 Å². The minimum absolute atomic E-state index is 0.0431. The van der Waals surface area contributed by atoms with Crippen molar-refractivity contribution in [2.24, 2.45) is 5.73 Å². The number of nitrogens with zero attached hydrogens (tertiary/aromatic N) is 1. The number of hydrogen-bond acceptors (Lipinski definition) is 3. The largest absolute Gasteiger partial charge is 0.383 e. The summed E-state index contributed by atoms with van der Waals surface area (Å²) in [5.41, 5.74) is 8.64. The van der Waals surface area contributed by atoms with Gasteiger partial charge in [0.2, 0.25) is 0 Å². The second-order valence-corrected chi connectivity index (χ2v) is 4.77. The number of ether oxygens (including phenoxy) is 1. The molecule has 0 saturated heterocycles. The maximum Gasteiger partial charge on any atom is 0.255 e. The molecule has 1 unspecified atom stereocenters. The molecule has 1 heterocycles. The van der Waals surface area contributed by atoms with E-state index in [0.717, 1.165) is 11.3 Å². The Balaban J connectivity index is 2.40. The smallest absolute Gasteiger partial charge is 0.255 e. The summed E-state index contributed by atoms with van der Waals surface area (Å²) in [4.78, 5) is 12.5. The summed E-state index contributed by atoms with van der Waals surface area (Å²) in [6, 6.07) is 13.0. The van der Waals surface area contributed by atoms with Crippen molar-refractivity contribution in [1.82, 2.24) is 4.57 Å². The number of methoxy groups -OCH3 is 1. The lowest BCUT2D eigenvalue weighted by Gasteiger charge is -2.16. The number of rotatable bonds is 5. The first kappa shape index (κ1) is 14.5. The Morgan fingerprint density at radius 3 is 2.55 bits per heavy atom. The van der Waals surface area contributed by atoms with Crippen LogP contribution in [0.1, 0.15) is 22.9 Å². The highest BCUT2D eigenvalue weighted by molar-refractivity contribution is 5.30. The number of aromatic nitrogens is 1. The Morgan fingerprint density at radius 1 is 1.20 bits per heavy atom. The molecule has 2 N–H and O–H groups in total. The van der Waals surface area contributed by atoms with E-state index in [1.54, 1.807) is 11.7 Å². The van der Waals surface area contributed by atoms with Crippen LogP contribution in [0.3, 0.4) is 0 Å². The first-order valence-electron chi connectivity index (χ1n) is 6.65. The molecule has 2 rings (SSSR count). The molecule has 0 spiro atoms. The van der Waals surface area contributed by atoms with E-state index >= 15 is 0 Å². The molecule has 0 fully saturated rings. The fourth-order valence-electron chi connectivity index (χ4n) is 2.22. The molecule has 0 aliphatic rings. The molecule has 0 bridgehead atoms. The van der Waals surface area contributed by atoms with E-state index in [2.05, 4.69) is 0 Å². The average molecular weight is 272 g/mol. The minimum Gasteiger partial charge on any atom is -0.383 e. The van der Waals surface area contributed by atoms with Crippen LogP contribution in [-0.2, 0) is 11.3 Å². The molecular formula is C16H20N2O2. The quantitative estimate of drug-likeness (QED) is 0.903. The van der Waals surface area contributed by atoms with Gasteiger partial charge in [0.1, 0.15) is 0 Å². The van der Waals surface area contributed by atoms with Crippen LogP contribution in [0.2, 0.25) is 0 Å². The molecule has 20 heavy (non-hydrogen) atoms. The van der Waals surface area contributed by atoms with Crippen molar-refractivity contribution in [2.75, 3.05) is 13.7 Å². The van der Waals surface area contributed by atoms with Gasteiger partial charge in [0, 0.05) is 24.9 Å². The highest BCUT2D eigenvalue weighted by atomic mass is 16.5. The van der Waals surface area contributed by atoms with Gasteiger partial charge in [-0.05, 0) is 24.6 Å². The molecular weight excluding hydrogens is 252 g/mol. The lowest BCUT2D eigenvalue weighted by atomic mass is 10.0. The predicted molar refractivity (Wildman–Crippen MR) is 79.8 cm³/mol. The van der Waals surface area contributed by atoms with E-state index in [1.807, 2.05) is 49.4 Å². The van der Waals surface area contributed by atoms with Gasteiger partial charge in [-0.2, -0.15) is 0 Å². The zero-order valence-electron chi connectivity index (χ0n) is 11.9. The van der Waals surface area contributed by atoms with E-state index in [0.29, 0.717) is 18.7 Å². The molecule has 4 nitrogen and oxygen atoms in total. The molecule has 1 atom stereocenters. The van der Waals surface area contributed by atoms with Crippen molar-refractivity contribution in [2.45, 2.75) is 19.5 Å². The maximum absolute atomic E-state index is 12.5. The van der Waals surface area contributed by atoms with Gasteiger partial charge >= 0.3 is 0 Å². The molecule has 0 radical (unpaired) electrons. The minimum atomic E-state index is -0.405. The third-order valence-electron chi connectivity index (χ3n) is 3.43. The van der Waals surface area contributed by atoms with Gasteiger partial charge in [-0.3, -0.25) is 4.79 Å². The van der Waals surface area contributed by atoms with E-state index in [9.17, 15) is 4.79 Å². The predicted octanol–water partition coefficient (Wildman–Crippen LogP) is 1.85. The van der Waals surface area contributed by atoms with Gasteiger partial charge < -0.3 is 15.0 Å². The molecule has 1 aromatic heterocycles. The summed E-state index contributed by atoms with van der Waals surface area (Å²) in [6.45, 7) is 2.95. The van der Waals surface area contributed by atoms with E-state index in [-0.39, 0.29) is 5.56 Å². The van der Waals surface area contributed by atoms with Crippen molar-refractivity contribution in [3.63, 3.8) is 0 Å². The standard InChI is InChI=1S/C16H20N2O2/c1-12-8-9-14(16(19)18(12)10-11-20-2)15(17)13-6-4-3-5-7-13/h3-9,15H,10-11,17H2,1-2H3. The van der Waals surface area contributed by atoms with Crippen LogP contribution in [0.25, 0.3) is 0 Å². The second-order valence-electron chi connectivity index (χ2n) is 4.77. The number of hydrogen-bond donors (Lipinski definition) is 1. The van der Waals surface area contributed by atoms with Crippen LogP contribution in [-0.4, -0.2) is 18.3 Å². The lowest BCUT2D eigenvalue weighted by Crippen LogP contribution is -2.31. The molecule has 0 aliphatic carbocycles. The maximum atomic E-state index is 12.5. The summed E-state index contributed by atoms with van der Waals surface area (Å²) < 4.78 is 6.76. The first-order chi connectivity index (χ1) is 9.65. The Hall–Kier alpha value is -1.91. The van der Waals surface area contributed by atoms with Gasteiger partial charge in [0.25, 0.3) is 5.56 Å². The number of pyridine rings is 1. The summed E-state index contributed by atoms with van der Waals surface area (Å²) in [7, 11) is 1.62. The van der Waals surface area contributed by atoms with Crippen molar-refractivity contribution < 1.29 is 4.74 Å². The lowest BCUT2D eigenvalue weighted by molar-refractivity contribution is 0.185. The third kappa shape index (κ3) is 2.98.